The smallest absolute Gasteiger partial charge is 0.0156 e. The molecule has 0 rings (SSSR count). The van der Waals surface area contributed by atoms with Crippen molar-refractivity contribution >= 4 is 0 Å². The highest BCUT2D eigenvalue weighted by Gasteiger charge is 1.95. The van der Waals surface area contributed by atoms with E-state index in [4.69, 9.17) is 5.73 Å². The predicted molar refractivity (Wildman–Crippen MR) is 50.3 cm³/mol. The Hall–Kier alpha value is -0.500. The molecular formula is C9H20N2. The maximum atomic E-state index is 5.73. The first kappa shape index (κ1) is 10.5. The van der Waals surface area contributed by atoms with Gasteiger partial charge in [-0.15, -0.1) is 0 Å². The lowest BCUT2D eigenvalue weighted by Gasteiger charge is -2.07. The van der Waals surface area contributed by atoms with E-state index in [0.29, 0.717) is 6.04 Å². The van der Waals surface area contributed by atoms with Crippen molar-refractivity contribution in [3.8, 4) is 0 Å². The molecule has 0 aliphatic carbocycles. The van der Waals surface area contributed by atoms with E-state index in [1.807, 2.05) is 6.20 Å². The predicted octanol–water partition coefficient (Wildman–Crippen LogP) is 1.63. The SMILES string of the molecule is CCC(N)CCNC=C(C)C. The molecule has 0 saturated carbocycles. The minimum atomic E-state index is 0.355. The normalized spacial score (nSPS) is 12.4. The zero-order chi connectivity index (χ0) is 8.69. The maximum absolute atomic E-state index is 5.73. The van der Waals surface area contributed by atoms with E-state index in [0.717, 1.165) is 19.4 Å². The summed E-state index contributed by atoms with van der Waals surface area (Å²) >= 11 is 0. The highest BCUT2D eigenvalue weighted by molar-refractivity contribution is 4.90. The van der Waals surface area contributed by atoms with Crippen molar-refractivity contribution in [1.29, 1.82) is 0 Å². The van der Waals surface area contributed by atoms with Crippen LogP contribution >= 0.6 is 0 Å². The fraction of sp³-hybridized carbons (Fsp3) is 0.778. The summed E-state index contributed by atoms with van der Waals surface area (Å²) in [6, 6.07) is 0.355. The minimum absolute atomic E-state index is 0.355. The Balaban J connectivity index is 3.21. The molecule has 0 aromatic heterocycles. The summed E-state index contributed by atoms with van der Waals surface area (Å²) in [7, 11) is 0. The van der Waals surface area contributed by atoms with Crippen LogP contribution in [0, 0.1) is 0 Å². The van der Waals surface area contributed by atoms with Crippen molar-refractivity contribution in [2.45, 2.75) is 39.7 Å². The van der Waals surface area contributed by atoms with Gasteiger partial charge >= 0.3 is 0 Å². The first-order valence-corrected chi connectivity index (χ1v) is 4.29. The molecule has 2 nitrogen and oxygen atoms in total. The maximum Gasteiger partial charge on any atom is 0.0156 e. The molecule has 0 radical (unpaired) electrons. The van der Waals surface area contributed by atoms with Crippen LogP contribution in [0.5, 0.6) is 0 Å². The molecule has 0 fully saturated rings. The lowest BCUT2D eigenvalue weighted by atomic mass is 10.2. The third-order valence-corrected chi connectivity index (χ3v) is 1.57. The molecule has 0 aromatic carbocycles. The Morgan fingerprint density at radius 3 is 2.64 bits per heavy atom. The third-order valence-electron chi connectivity index (χ3n) is 1.57. The summed E-state index contributed by atoms with van der Waals surface area (Å²) in [4.78, 5) is 0. The summed E-state index contributed by atoms with van der Waals surface area (Å²) in [6.45, 7) is 7.26. The van der Waals surface area contributed by atoms with Gasteiger partial charge in [0.15, 0.2) is 0 Å². The molecular weight excluding hydrogens is 136 g/mol. The van der Waals surface area contributed by atoms with Crippen molar-refractivity contribution in [3.63, 3.8) is 0 Å². The zero-order valence-corrected chi connectivity index (χ0v) is 7.85. The van der Waals surface area contributed by atoms with E-state index in [2.05, 4.69) is 26.1 Å². The number of rotatable bonds is 5. The van der Waals surface area contributed by atoms with E-state index in [-0.39, 0.29) is 0 Å². The average Bonchev–Trinajstić information content (AvgIpc) is 1.97. The lowest BCUT2D eigenvalue weighted by molar-refractivity contribution is 0.581. The fourth-order valence-electron chi connectivity index (χ4n) is 0.749. The van der Waals surface area contributed by atoms with Gasteiger partial charge in [0.2, 0.25) is 0 Å². The summed E-state index contributed by atoms with van der Waals surface area (Å²) < 4.78 is 0. The van der Waals surface area contributed by atoms with E-state index in [9.17, 15) is 0 Å². The van der Waals surface area contributed by atoms with Gasteiger partial charge in [0, 0.05) is 12.6 Å². The highest BCUT2D eigenvalue weighted by atomic mass is 14.8. The molecule has 0 aromatic rings. The van der Waals surface area contributed by atoms with E-state index >= 15 is 0 Å². The van der Waals surface area contributed by atoms with Crippen molar-refractivity contribution in [1.82, 2.24) is 5.32 Å². The molecule has 0 saturated heterocycles. The first-order valence-electron chi connectivity index (χ1n) is 4.29. The Kier molecular flexibility index (Phi) is 5.94. The quantitative estimate of drug-likeness (QED) is 0.594. The second kappa shape index (κ2) is 6.23. The first-order chi connectivity index (χ1) is 5.16. The molecule has 1 atom stereocenters. The molecule has 0 amide bonds. The summed E-state index contributed by atoms with van der Waals surface area (Å²) in [5.41, 5.74) is 7.03. The second-order valence-electron chi connectivity index (χ2n) is 3.13. The van der Waals surface area contributed by atoms with Crippen LogP contribution in [-0.4, -0.2) is 12.6 Å². The number of allylic oxidation sites excluding steroid dienone is 1. The summed E-state index contributed by atoms with van der Waals surface area (Å²) in [5, 5.41) is 3.21. The van der Waals surface area contributed by atoms with Crippen LogP contribution in [0.25, 0.3) is 0 Å². The van der Waals surface area contributed by atoms with E-state index in [1.54, 1.807) is 0 Å². The van der Waals surface area contributed by atoms with E-state index < -0.39 is 0 Å². The van der Waals surface area contributed by atoms with Gasteiger partial charge in [-0.05, 0) is 32.9 Å². The van der Waals surface area contributed by atoms with Crippen molar-refractivity contribution in [2.75, 3.05) is 6.54 Å². The monoisotopic (exact) mass is 156 g/mol. The molecule has 0 bridgehead atoms. The molecule has 0 aliphatic rings. The third kappa shape index (κ3) is 7.40. The molecule has 0 spiro atoms. The van der Waals surface area contributed by atoms with Gasteiger partial charge in [0.05, 0.1) is 0 Å². The molecule has 0 aliphatic heterocycles. The van der Waals surface area contributed by atoms with Crippen LogP contribution in [0.1, 0.15) is 33.6 Å². The van der Waals surface area contributed by atoms with Gasteiger partial charge in [0.1, 0.15) is 0 Å². The number of hydrogen-bond acceptors (Lipinski definition) is 2. The summed E-state index contributed by atoms with van der Waals surface area (Å²) in [6.07, 6.45) is 4.15. The average molecular weight is 156 g/mol. The van der Waals surface area contributed by atoms with E-state index in [1.165, 1.54) is 5.57 Å². The Morgan fingerprint density at radius 2 is 2.18 bits per heavy atom. The van der Waals surface area contributed by atoms with Gasteiger partial charge in [-0.1, -0.05) is 12.5 Å². The van der Waals surface area contributed by atoms with Gasteiger partial charge in [-0.25, -0.2) is 0 Å². The molecule has 0 heterocycles. The zero-order valence-electron chi connectivity index (χ0n) is 7.85. The molecule has 2 heteroatoms. The van der Waals surface area contributed by atoms with Crippen LogP contribution < -0.4 is 11.1 Å². The van der Waals surface area contributed by atoms with Crippen LogP contribution in [-0.2, 0) is 0 Å². The van der Waals surface area contributed by atoms with Crippen LogP contribution in [0.4, 0.5) is 0 Å². The van der Waals surface area contributed by atoms with Crippen LogP contribution in [0.2, 0.25) is 0 Å². The largest absolute Gasteiger partial charge is 0.391 e. The number of nitrogens with two attached hydrogens (primary N) is 1. The topological polar surface area (TPSA) is 38.0 Å². The Morgan fingerprint density at radius 1 is 1.55 bits per heavy atom. The van der Waals surface area contributed by atoms with Crippen molar-refractivity contribution in [3.05, 3.63) is 11.8 Å². The summed E-state index contributed by atoms with van der Waals surface area (Å²) in [5.74, 6) is 0. The lowest BCUT2D eigenvalue weighted by Crippen LogP contribution is -2.23. The molecule has 66 valence electrons. The van der Waals surface area contributed by atoms with Crippen molar-refractivity contribution < 1.29 is 0 Å². The number of hydrogen-bond donors (Lipinski definition) is 2. The Labute approximate surface area is 69.9 Å². The van der Waals surface area contributed by atoms with Crippen LogP contribution in [0.3, 0.4) is 0 Å². The van der Waals surface area contributed by atoms with Gasteiger partial charge < -0.3 is 11.1 Å². The van der Waals surface area contributed by atoms with Gasteiger partial charge in [0.25, 0.3) is 0 Å². The standard InChI is InChI=1S/C9H20N2/c1-4-9(10)5-6-11-7-8(2)3/h7,9,11H,4-6,10H2,1-3H3. The fourth-order valence-corrected chi connectivity index (χ4v) is 0.749. The van der Waals surface area contributed by atoms with Gasteiger partial charge in [-0.3, -0.25) is 0 Å². The molecule has 3 N–H and O–H groups in total. The highest BCUT2D eigenvalue weighted by Crippen LogP contribution is 1.91. The van der Waals surface area contributed by atoms with Crippen LogP contribution in [0.15, 0.2) is 11.8 Å². The molecule has 11 heavy (non-hydrogen) atoms. The minimum Gasteiger partial charge on any atom is -0.391 e. The van der Waals surface area contributed by atoms with Crippen molar-refractivity contribution in [2.24, 2.45) is 5.73 Å². The van der Waals surface area contributed by atoms with Gasteiger partial charge in [-0.2, -0.15) is 0 Å². The Bertz CT molecular complexity index is 115. The number of nitrogens with one attached hydrogen (secondary N) is 1. The second-order valence-corrected chi connectivity index (χ2v) is 3.13. The molecule has 1 unspecified atom stereocenters.